The summed E-state index contributed by atoms with van der Waals surface area (Å²) in [6, 6.07) is 4.64. The first-order valence-corrected chi connectivity index (χ1v) is 10.8. The molecule has 4 rings (SSSR count). The van der Waals surface area contributed by atoms with Gasteiger partial charge in [0.05, 0.1) is 30.4 Å². The third-order valence-electron chi connectivity index (χ3n) is 5.69. The lowest BCUT2D eigenvalue weighted by molar-refractivity contribution is 0.0971. The Kier molecular flexibility index (Phi) is 8.73. The van der Waals surface area contributed by atoms with E-state index in [9.17, 15) is 24.9 Å². The highest BCUT2D eigenvalue weighted by Crippen LogP contribution is 2.47. The fraction of sp³-hybridized carbons (Fsp3) is 0.400. The van der Waals surface area contributed by atoms with E-state index in [0.29, 0.717) is 24.0 Å². The standard InChI is InChI=1S/C21H19NO6.C2H6O.C2H6/c1-28-14-4-2-3-11-15(14)21(27)17-16(19(11)25)20(26)12-7-9(13(22)8-23)5-6-10(12)18(17)24;1-3-2;1-2/h2-4,9,22-24,26H,5-8H2,1H3;1-2H3;1-2H3. The number of phenolic OH excluding ortho intramolecular Hbond substituents is 2. The Morgan fingerprint density at radius 3 is 2.15 bits per heavy atom. The van der Waals surface area contributed by atoms with Gasteiger partial charge in [-0.2, -0.15) is 0 Å². The van der Waals surface area contributed by atoms with Crippen molar-refractivity contribution in [3.05, 3.63) is 51.6 Å². The number of nitrogens with one attached hydrogen (secondary N) is 1. The number of ether oxygens (including phenoxy) is 2. The second-order valence-corrected chi connectivity index (χ2v) is 7.48. The largest absolute Gasteiger partial charge is 0.507 e. The highest BCUT2D eigenvalue weighted by molar-refractivity contribution is 6.31. The first kappa shape index (κ1) is 26.0. The van der Waals surface area contributed by atoms with Crippen LogP contribution in [0, 0.1) is 11.3 Å². The molecule has 178 valence electrons. The van der Waals surface area contributed by atoms with Crippen molar-refractivity contribution in [3.8, 4) is 17.2 Å². The molecule has 0 fully saturated rings. The normalized spacial score (nSPS) is 15.6. The van der Waals surface area contributed by atoms with Crippen molar-refractivity contribution in [2.45, 2.75) is 33.1 Å². The summed E-state index contributed by atoms with van der Waals surface area (Å²) in [7, 11) is 4.64. The average molecular weight is 458 g/mol. The van der Waals surface area contributed by atoms with E-state index in [1.165, 1.54) is 13.2 Å². The molecule has 2 aliphatic rings. The van der Waals surface area contributed by atoms with Crippen LogP contribution in [0.3, 0.4) is 0 Å². The molecule has 2 aliphatic carbocycles. The van der Waals surface area contributed by atoms with Crippen LogP contribution in [0.15, 0.2) is 18.2 Å². The number of phenols is 2. The maximum Gasteiger partial charge on any atom is 0.202 e. The van der Waals surface area contributed by atoms with E-state index in [4.69, 9.17) is 10.1 Å². The van der Waals surface area contributed by atoms with Crippen LogP contribution in [-0.2, 0) is 17.6 Å². The number of methoxy groups -OCH3 is 2. The van der Waals surface area contributed by atoms with E-state index in [-0.39, 0.29) is 64.2 Å². The van der Waals surface area contributed by atoms with E-state index in [1.54, 1.807) is 26.4 Å². The molecule has 0 aliphatic heterocycles. The van der Waals surface area contributed by atoms with Crippen LogP contribution in [0.2, 0.25) is 0 Å². The number of ketones is 2. The maximum atomic E-state index is 13.1. The molecule has 0 amide bonds. The van der Waals surface area contributed by atoms with Crippen LogP contribution in [-0.4, -0.2) is 60.5 Å². The monoisotopic (exact) mass is 457 g/mol. The number of fused-ring (bicyclic) bond motifs is 3. The summed E-state index contributed by atoms with van der Waals surface area (Å²) in [6.45, 7) is 3.61. The van der Waals surface area contributed by atoms with Crippen molar-refractivity contribution in [1.82, 2.24) is 0 Å². The number of rotatable bonds is 3. The SMILES string of the molecule is CC.COC.COc1cccc2c1C(=O)c1c(O)c3c(c(O)c1C2=O)CC(C(=N)CO)CC3. The van der Waals surface area contributed by atoms with Gasteiger partial charge in [0, 0.05) is 42.5 Å². The molecule has 8 heteroatoms. The highest BCUT2D eigenvalue weighted by Gasteiger charge is 2.40. The lowest BCUT2D eigenvalue weighted by atomic mass is 9.74. The number of aromatic hydroxyl groups is 2. The molecule has 0 saturated carbocycles. The number of aliphatic hydroxyl groups excluding tert-OH is 1. The van der Waals surface area contributed by atoms with Crippen LogP contribution in [0.4, 0.5) is 0 Å². The van der Waals surface area contributed by atoms with Gasteiger partial charge in [-0.25, -0.2) is 0 Å². The summed E-state index contributed by atoms with van der Waals surface area (Å²) < 4.78 is 9.47. The van der Waals surface area contributed by atoms with Crippen molar-refractivity contribution >= 4 is 17.3 Å². The molecule has 0 bridgehead atoms. The minimum Gasteiger partial charge on any atom is -0.507 e. The van der Waals surface area contributed by atoms with Gasteiger partial charge in [-0.05, 0) is 25.3 Å². The van der Waals surface area contributed by atoms with Crippen molar-refractivity contribution in [2.24, 2.45) is 5.92 Å². The van der Waals surface area contributed by atoms with Gasteiger partial charge in [0.2, 0.25) is 5.78 Å². The zero-order valence-electron chi connectivity index (χ0n) is 19.6. The summed E-state index contributed by atoms with van der Waals surface area (Å²) >= 11 is 0. The van der Waals surface area contributed by atoms with Gasteiger partial charge in [0.25, 0.3) is 0 Å². The molecule has 2 aromatic carbocycles. The van der Waals surface area contributed by atoms with Crippen LogP contribution in [0.1, 0.15) is 63.2 Å². The third kappa shape index (κ3) is 4.49. The molecule has 4 N–H and O–H groups in total. The molecule has 1 unspecified atom stereocenters. The van der Waals surface area contributed by atoms with Gasteiger partial charge in [-0.15, -0.1) is 0 Å². The van der Waals surface area contributed by atoms with Crippen LogP contribution < -0.4 is 4.74 Å². The zero-order valence-corrected chi connectivity index (χ0v) is 19.6. The predicted octanol–water partition coefficient (Wildman–Crippen LogP) is 3.29. The van der Waals surface area contributed by atoms with Crippen molar-refractivity contribution in [1.29, 1.82) is 5.41 Å². The number of hydrogen-bond acceptors (Lipinski definition) is 8. The molecular formula is C25H31NO7. The third-order valence-corrected chi connectivity index (χ3v) is 5.69. The van der Waals surface area contributed by atoms with E-state index >= 15 is 0 Å². The molecule has 8 nitrogen and oxygen atoms in total. The molecule has 33 heavy (non-hydrogen) atoms. The van der Waals surface area contributed by atoms with Gasteiger partial charge in [-0.3, -0.25) is 9.59 Å². The van der Waals surface area contributed by atoms with E-state index < -0.39 is 11.6 Å². The van der Waals surface area contributed by atoms with E-state index in [2.05, 4.69) is 4.74 Å². The maximum absolute atomic E-state index is 13.1. The van der Waals surface area contributed by atoms with Crippen LogP contribution in [0.5, 0.6) is 17.2 Å². The number of benzene rings is 2. The Morgan fingerprint density at radius 2 is 1.58 bits per heavy atom. The second-order valence-electron chi connectivity index (χ2n) is 7.48. The fourth-order valence-corrected chi connectivity index (χ4v) is 4.23. The van der Waals surface area contributed by atoms with Crippen LogP contribution >= 0.6 is 0 Å². The molecule has 1 atom stereocenters. The van der Waals surface area contributed by atoms with Gasteiger partial charge in [0.1, 0.15) is 17.2 Å². The Bertz CT molecular complexity index is 1080. The molecule has 0 radical (unpaired) electrons. The molecule has 2 aromatic rings. The van der Waals surface area contributed by atoms with Gasteiger partial charge in [-0.1, -0.05) is 26.0 Å². The molecule has 0 saturated heterocycles. The number of carbonyl (C=O) groups is 2. The average Bonchev–Trinajstić information content (AvgIpc) is 2.85. The lowest BCUT2D eigenvalue weighted by Crippen LogP contribution is -2.27. The highest BCUT2D eigenvalue weighted by atomic mass is 16.5. The number of carbonyl (C=O) groups excluding carboxylic acids is 2. The molecular weight excluding hydrogens is 426 g/mol. The van der Waals surface area contributed by atoms with Crippen molar-refractivity contribution in [3.63, 3.8) is 0 Å². The van der Waals surface area contributed by atoms with E-state index in [0.717, 1.165) is 0 Å². The predicted molar refractivity (Wildman–Crippen MR) is 124 cm³/mol. The Hall–Kier alpha value is -3.23. The molecule has 0 aromatic heterocycles. The first-order chi connectivity index (χ1) is 15.8. The Morgan fingerprint density at radius 1 is 1.00 bits per heavy atom. The fourth-order valence-electron chi connectivity index (χ4n) is 4.23. The lowest BCUT2D eigenvalue weighted by Gasteiger charge is -2.30. The van der Waals surface area contributed by atoms with Gasteiger partial charge >= 0.3 is 0 Å². The minimum absolute atomic E-state index is 0.0768. The molecule has 0 spiro atoms. The van der Waals surface area contributed by atoms with Crippen LogP contribution in [0.25, 0.3) is 0 Å². The summed E-state index contributed by atoms with van der Waals surface area (Å²) in [5.74, 6) is -1.81. The summed E-state index contributed by atoms with van der Waals surface area (Å²) in [5.41, 5.74) is 0.692. The van der Waals surface area contributed by atoms with Gasteiger partial charge in [0.15, 0.2) is 5.78 Å². The summed E-state index contributed by atoms with van der Waals surface area (Å²) in [4.78, 5) is 26.2. The number of aliphatic hydroxyl groups is 1. The first-order valence-electron chi connectivity index (χ1n) is 10.8. The summed E-state index contributed by atoms with van der Waals surface area (Å²) in [5, 5.41) is 38.8. The quantitative estimate of drug-likeness (QED) is 0.350. The summed E-state index contributed by atoms with van der Waals surface area (Å²) in [6.07, 6.45) is 1.05. The van der Waals surface area contributed by atoms with E-state index in [1.807, 2.05) is 13.8 Å². The molecule has 0 heterocycles. The number of hydrogen-bond donors (Lipinski definition) is 4. The zero-order chi connectivity index (χ0) is 24.9. The topological polar surface area (TPSA) is 137 Å². The smallest absolute Gasteiger partial charge is 0.202 e. The van der Waals surface area contributed by atoms with Gasteiger partial charge < -0.3 is 30.2 Å². The Balaban J connectivity index is 0.000000714. The minimum atomic E-state index is -0.567. The Labute approximate surface area is 193 Å². The second kappa shape index (κ2) is 11.1. The van der Waals surface area contributed by atoms with Crippen molar-refractivity contribution < 1.29 is 34.4 Å². The van der Waals surface area contributed by atoms with Crippen molar-refractivity contribution in [2.75, 3.05) is 27.9 Å².